The first kappa shape index (κ1) is 13.6. The van der Waals surface area contributed by atoms with Crippen LogP contribution in [0.15, 0.2) is 24.5 Å². The molecule has 5 heteroatoms. The summed E-state index contributed by atoms with van der Waals surface area (Å²) in [6.45, 7) is 5.44. The summed E-state index contributed by atoms with van der Waals surface area (Å²) in [6.07, 6.45) is 5.41. The molecule has 0 saturated carbocycles. The molecule has 1 aliphatic heterocycles. The van der Waals surface area contributed by atoms with Crippen LogP contribution in [0.4, 0.5) is 4.79 Å². The Kier molecular flexibility index (Phi) is 4.60. The molecule has 2 heterocycles. The van der Waals surface area contributed by atoms with Gasteiger partial charge in [0.2, 0.25) is 0 Å². The van der Waals surface area contributed by atoms with Gasteiger partial charge in [-0.3, -0.25) is 4.98 Å². The number of rotatable bonds is 5. The van der Waals surface area contributed by atoms with E-state index in [2.05, 4.69) is 24.1 Å². The van der Waals surface area contributed by atoms with Gasteiger partial charge in [-0.25, -0.2) is 4.79 Å². The van der Waals surface area contributed by atoms with Crippen LogP contribution >= 0.6 is 0 Å². The van der Waals surface area contributed by atoms with Gasteiger partial charge in [-0.2, -0.15) is 0 Å². The van der Waals surface area contributed by atoms with Crippen molar-refractivity contribution >= 4 is 6.03 Å². The van der Waals surface area contributed by atoms with E-state index in [1.54, 1.807) is 17.3 Å². The van der Waals surface area contributed by atoms with Crippen molar-refractivity contribution in [3.63, 3.8) is 0 Å². The molecule has 1 fully saturated rings. The van der Waals surface area contributed by atoms with E-state index in [1.807, 2.05) is 12.1 Å². The zero-order chi connectivity index (χ0) is 13.7. The summed E-state index contributed by atoms with van der Waals surface area (Å²) in [7, 11) is 0. The number of carbonyl (C=O) groups is 1. The van der Waals surface area contributed by atoms with Crippen molar-refractivity contribution in [1.82, 2.24) is 15.2 Å². The molecule has 1 aromatic rings. The Morgan fingerprint density at radius 2 is 2.26 bits per heavy atom. The van der Waals surface area contributed by atoms with E-state index < -0.39 is 0 Å². The first-order chi connectivity index (χ1) is 9.22. The predicted octanol–water partition coefficient (Wildman–Crippen LogP) is 2.04. The lowest BCUT2D eigenvalue weighted by molar-refractivity contribution is 0.0431. The monoisotopic (exact) mass is 263 g/mol. The average molecular weight is 263 g/mol. The number of likely N-dealkylation sites (tertiary alicyclic amines) is 1. The summed E-state index contributed by atoms with van der Waals surface area (Å²) >= 11 is 0. The van der Waals surface area contributed by atoms with Gasteiger partial charge in [0.05, 0.1) is 19.3 Å². The first-order valence-electron chi connectivity index (χ1n) is 6.85. The molecule has 2 rings (SSSR count). The molecule has 1 aliphatic rings. The Hall–Kier alpha value is -1.78. The van der Waals surface area contributed by atoms with Gasteiger partial charge in [0.15, 0.2) is 0 Å². The molecular formula is C14H21N3O2. The standard InChI is InChI=1S/C14H21N3O2/c1-3-11(4-2)16-14(18)17-9-13(10-17)19-12-6-5-7-15-8-12/h5-8,11,13H,3-4,9-10H2,1-2H3,(H,16,18). The van der Waals surface area contributed by atoms with Crippen molar-refractivity contribution in [2.24, 2.45) is 0 Å². The Morgan fingerprint density at radius 3 is 2.84 bits per heavy atom. The highest BCUT2D eigenvalue weighted by Gasteiger charge is 2.32. The number of pyridine rings is 1. The lowest BCUT2D eigenvalue weighted by atomic mass is 10.1. The molecule has 1 saturated heterocycles. The zero-order valence-electron chi connectivity index (χ0n) is 11.5. The van der Waals surface area contributed by atoms with Crippen molar-refractivity contribution in [2.75, 3.05) is 13.1 Å². The Labute approximate surface area is 114 Å². The molecule has 2 amide bonds. The summed E-state index contributed by atoms with van der Waals surface area (Å²) < 4.78 is 5.70. The molecule has 0 bridgehead atoms. The number of amides is 2. The highest BCUT2D eigenvalue weighted by Crippen LogP contribution is 2.17. The van der Waals surface area contributed by atoms with Gasteiger partial charge >= 0.3 is 6.03 Å². The molecule has 0 unspecified atom stereocenters. The maximum atomic E-state index is 11.9. The van der Waals surface area contributed by atoms with Crippen LogP contribution in [0.3, 0.4) is 0 Å². The minimum absolute atomic E-state index is 0.0136. The van der Waals surface area contributed by atoms with Gasteiger partial charge < -0.3 is 15.0 Å². The maximum Gasteiger partial charge on any atom is 0.317 e. The predicted molar refractivity (Wildman–Crippen MR) is 73.1 cm³/mol. The van der Waals surface area contributed by atoms with Crippen LogP contribution in [-0.4, -0.2) is 41.2 Å². The normalized spacial score (nSPS) is 15.2. The molecule has 0 radical (unpaired) electrons. The van der Waals surface area contributed by atoms with Gasteiger partial charge in [-0.05, 0) is 25.0 Å². The molecule has 0 aromatic carbocycles. The molecule has 5 nitrogen and oxygen atoms in total. The Balaban J connectivity index is 1.72. The number of aromatic nitrogens is 1. The molecule has 1 N–H and O–H groups in total. The Bertz CT molecular complexity index is 400. The van der Waals surface area contributed by atoms with Crippen LogP contribution in [0.5, 0.6) is 5.75 Å². The second-order valence-corrected chi connectivity index (χ2v) is 4.80. The minimum atomic E-state index is 0.0136. The van der Waals surface area contributed by atoms with Crippen LogP contribution in [0.1, 0.15) is 26.7 Å². The second-order valence-electron chi connectivity index (χ2n) is 4.80. The van der Waals surface area contributed by atoms with E-state index >= 15 is 0 Å². The first-order valence-corrected chi connectivity index (χ1v) is 6.85. The van der Waals surface area contributed by atoms with Gasteiger partial charge in [0, 0.05) is 12.2 Å². The summed E-state index contributed by atoms with van der Waals surface area (Å²) in [5.74, 6) is 0.757. The van der Waals surface area contributed by atoms with Crippen molar-refractivity contribution in [3.05, 3.63) is 24.5 Å². The second kappa shape index (κ2) is 6.41. The third-order valence-corrected chi connectivity index (χ3v) is 3.39. The highest BCUT2D eigenvalue weighted by molar-refractivity contribution is 5.75. The zero-order valence-corrected chi connectivity index (χ0v) is 11.5. The van der Waals surface area contributed by atoms with E-state index in [4.69, 9.17) is 4.74 Å². The van der Waals surface area contributed by atoms with Gasteiger partial charge in [-0.1, -0.05) is 13.8 Å². The molecule has 0 atom stereocenters. The number of urea groups is 1. The summed E-state index contributed by atoms with van der Waals surface area (Å²) in [4.78, 5) is 17.7. The van der Waals surface area contributed by atoms with E-state index in [9.17, 15) is 4.79 Å². The fourth-order valence-corrected chi connectivity index (χ4v) is 2.05. The number of nitrogens with one attached hydrogen (secondary N) is 1. The fourth-order valence-electron chi connectivity index (χ4n) is 2.05. The van der Waals surface area contributed by atoms with Crippen molar-refractivity contribution < 1.29 is 9.53 Å². The molecule has 0 aliphatic carbocycles. The van der Waals surface area contributed by atoms with Crippen molar-refractivity contribution in [1.29, 1.82) is 0 Å². The van der Waals surface area contributed by atoms with Crippen LogP contribution in [0, 0.1) is 0 Å². The van der Waals surface area contributed by atoms with Gasteiger partial charge in [0.1, 0.15) is 11.9 Å². The maximum absolute atomic E-state index is 11.9. The largest absolute Gasteiger partial charge is 0.485 e. The van der Waals surface area contributed by atoms with E-state index in [0.717, 1.165) is 18.6 Å². The van der Waals surface area contributed by atoms with E-state index in [1.165, 1.54) is 0 Å². The molecular weight excluding hydrogens is 242 g/mol. The summed E-state index contributed by atoms with van der Waals surface area (Å²) in [6, 6.07) is 4.00. The van der Waals surface area contributed by atoms with E-state index in [-0.39, 0.29) is 18.2 Å². The topological polar surface area (TPSA) is 54.5 Å². The number of nitrogens with zero attached hydrogens (tertiary/aromatic N) is 2. The summed E-state index contributed by atoms with van der Waals surface area (Å²) in [5, 5.41) is 3.02. The minimum Gasteiger partial charge on any atom is -0.485 e. The highest BCUT2D eigenvalue weighted by atomic mass is 16.5. The summed E-state index contributed by atoms with van der Waals surface area (Å²) in [5.41, 5.74) is 0. The molecule has 104 valence electrons. The number of ether oxygens (including phenoxy) is 1. The van der Waals surface area contributed by atoms with E-state index in [0.29, 0.717) is 13.1 Å². The van der Waals surface area contributed by atoms with Crippen LogP contribution in [0.2, 0.25) is 0 Å². The van der Waals surface area contributed by atoms with Crippen molar-refractivity contribution in [3.8, 4) is 5.75 Å². The third kappa shape index (κ3) is 3.59. The van der Waals surface area contributed by atoms with Crippen LogP contribution in [-0.2, 0) is 0 Å². The molecule has 19 heavy (non-hydrogen) atoms. The van der Waals surface area contributed by atoms with Crippen LogP contribution in [0.25, 0.3) is 0 Å². The van der Waals surface area contributed by atoms with Crippen molar-refractivity contribution in [2.45, 2.75) is 38.8 Å². The number of carbonyl (C=O) groups excluding carboxylic acids is 1. The Morgan fingerprint density at radius 1 is 1.53 bits per heavy atom. The third-order valence-electron chi connectivity index (χ3n) is 3.39. The quantitative estimate of drug-likeness (QED) is 0.884. The number of hydrogen-bond donors (Lipinski definition) is 1. The van der Waals surface area contributed by atoms with Crippen LogP contribution < -0.4 is 10.1 Å². The smallest absolute Gasteiger partial charge is 0.317 e. The molecule has 1 aromatic heterocycles. The lowest BCUT2D eigenvalue weighted by Crippen LogP contribution is -2.59. The lowest BCUT2D eigenvalue weighted by Gasteiger charge is -2.39. The van der Waals surface area contributed by atoms with Gasteiger partial charge in [-0.15, -0.1) is 0 Å². The van der Waals surface area contributed by atoms with Gasteiger partial charge in [0.25, 0.3) is 0 Å². The molecule has 0 spiro atoms. The number of hydrogen-bond acceptors (Lipinski definition) is 3. The fraction of sp³-hybridized carbons (Fsp3) is 0.571. The SMILES string of the molecule is CCC(CC)NC(=O)N1CC(Oc2cccnc2)C1. The average Bonchev–Trinajstić information content (AvgIpc) is 2.40.